The molecule has 0 saturated carbocycles. The number of nitrogens with zero attached hydrogens (tertiary/aromatic N) is 1. The predicted octanol–water partition coefficient (Wildman–Crippen LogP) is 4.21. The maximum absolute atomic E-state index is 13.7. The number of guanidine groups is 1. The molecule has 0 heterocycles. The first-order chi connectivity index (χ1) is 10.6. The van der Waals surface area contributed by atoms with Crippen molar-refractivity contribution in [2.75, 3.05) is 7.05 Å². The molecular formula is C16H17BrF2IN3. The van der Waals surface area contributed by atoms with Gasteiger partial charge in [-0.1, -0.05) is 28.1 Å². The fourth-order valence-corrected chi connectivity index (χ4v) is 2.27. The highest BCUT2D eigenvalue weighted by molar-refractivity contribution is 14.0. The van der Waals surface area contributed by atoms with Crippen LogP contribution in [0, 0.1) is 11.6 Å². The first-order valence-corrected chi connectivity index (χ1v) is 7.50. The third kappa shape index (κ3) is 6.42. The molecule has 0 amide bonds. The van der Waals surface area contributed by atoms with Crippen LogP contribution < -0.4 is 10.6 Å². The Labute approximate surface area is 159 Å². The predicted molar refractivity (Wildman–Crippen MR) is 103 cm³/mol. The lowest BCUT2D eigenvalue weighted by Gasteiger charge is -2.12. The molecule has 3 nitrogen and oxygen atoms in total. The molecule has 0 radical (unpaired) electrons. The van der Waals surface area contributed by atoms with Crippen LogP contribution in [0.4, 0.5) is 8.78 Å². The van der Waals surface area contributed by atoms with Crippen molar-refractivity contribution < 1.29 is 8.78 Å². The number of rotatable bonds is 4. The Morgan fingerprint density at radius 1 is 1.04 bits per heavy atom. The number of aliphatic imine (C=N–C) groups is 1. The van der Waals surface area contributed by atoms with Crippen molar-refractivity contribution in [1.29, 1.82) is 0 Å². The van der Waals surface area contributed by atoms with E-state index in [0.29, 0.717) is 24.6 Å². The van der Waals surface area contributed by atoms with Gasteiger partial charge in [-0.15, -0.1) is 24.0 Å². The Morgan fingerprint density at radius 3 is 2.35 bits per heavy atom. The first kappa shape index (κ1) is 19.8. The zero-order valence-corrected chi connectivity index (χ0v) is 16.4. The number of halogens is 4. The molecule has 2 N–H and O–H groups in total. The van der Waals surface area contributed by atoms with Crippen molar-refractivity contribution in [3.8, 4) is 0 Å². The van der Waals surface area contributed by atoms with Crippen molar-refractivity contribution >= 4 is 45.9 Å². The van der Waals surface area contributed by atoms with Crippen LogP contribution in [0.25, 0.3) is 0 Å². The molecule has 2 aromatic rings. The summed E-state index contributed by atoms with van der Waals surface area (Å²) in [5, 5.41) is 6.13. The van der Waals surface area contributed by atoms with E-state index in [1.165, 1.54) is 18.2 Å². The molecule has 0 aromatic heterocycles. The van der Waals surface area contributed by atoms with E-state index in [4.69, 9.17) is 0 Å². The normalized spacial score (nSPS) is 10.9. The molecule has 7 heteroatoms. The van der Waals surface area contributed by atoms with Crippen molar-refractivity contribution in [2.24, 2.45) is 4.99 Å². The monoisotopic (exact) mass is 495 g/mol. The lowest BCUT2D eigenvalue weighted by molar-refractivity contribution is 0.604. The van der Waals surface area contributed by atoms with Crippen LogP contribution in [0.3, 0.4) is 0 Å². The number of hydrogen-bond donors (Lipinski definition) is 2. The summed E-state index contributed by atoms with van der Waals surface area (Å²) in [5.41, 5.74) is 1.47. The Morgan fingerprint density at radius 2 is 1.70 bits per heavy atom. The van der Waals surface area contributed by atoms with Gasteiger partial charge in [0.05, 0.1) is 0 Å². The minimum absolute atomic E-state index is 0. The molecule has 0 unspecified atom stereocenters. The molecule has 2 aromatic carbocycles. The van der Waals surface area contributed by atoms with Crippen molar-refractivity contribution in [1.82, 2.24) is 10.6 Å². The van der Waals surface area contributed by atoms with Gasteiger partial charge in [0.2, 0.25) is 0 Å². The first-order valence-electron chi connectivity index (χ1n) is 6.71. The molecule has 0 aliphatic heterocycles. The maximum Gasteiger partial charge on any atom is 0.191 e. The minimum atomic E-state index is -0.273. The lowest BCUT2D eigenvalue weighted by atomic mass is 10.2. The van der Waals surface area contributed by atoms with E-state index < -0.39 is 0 Å². The van der Waals surface area contributed by atoms with Crippen LogP contribution in [0.5, 0.6) is 0 Å². The number of benzene rings is 2. The summed E-state index contributed by atoms with van der Waals surface area (Å²) in [6, 6.07) is 11.0. The summed E-state index contributed by atoms with van der Waals surface area (Å²) in [4.78, 5) is 4.07. The molecule has 0 bridgehead atoms. The van der Waals surface area contributed by atoms with Gasteiger partial charge in [0.1, 0.15) is 11.6 Å². The standard InChI is InChI=1S/C16H16BrF2N3.HI/c1-20-16(21-9-11-2-5-14(18)6-3-11)22-10-12-8-13(17)4-7-15(12)19;/h2-8H,9-10H2,1H3,(H2,20,21,22);1H. The summed E-state index contributed by atoms with van der Waals surface area (Å²) in [6.45, 7) is 0.815. The van der Waals surface area contributed by atoms with Gasteiger partial charge >= 0.3 is 0 Å². The Bertz CT molecular complexity index is 663. The summed E-state index contributed by atoms with van der Waals surface area (Å²) >= 11 is 3.32. The average molecular weight is 496 g/mol. The van der Waals surface area contributed by atoms with Crippen LogP contribution in [0.15, 0.2) is 51.9 Å². The Kier molecular flexibility index (Phi) is 8.46. The fourth-order valence-electron chi connectivity index (χ4n) is 1.87. The lowest BCUT2D eigenvalue weighted by Crippen LogP contribution is -2.36. The van der Waals surface area contributed by atoms with Gasteiger partial charge in [-0.3, -0.25) is 4.99 Å². The van der Waals surface area contributed by atoms with Gasteiger partial charge in [0.15, 0.2) is 5.96 Å². The van der Waals surface area contributed by atoms with E-state index in [1.54, 1.807) is 31.3 Å². The van der Waals surface area contributed by atoms with Gasteiger partial charge in [0.25, 0.3) is 0 Å². The Hall–Kier alpha value is -1.22. The van der Waals surface area contributed by atoms with Crippen molar-refractivity contribution in [2.45, 2.75) is 13.1 Å². The van der Waals surface area contributed by atoms with Crippen LogP contribution in [-0.2, 0) is 13.1 Å². The topological polar surface area (TPSA) is 36.4 Å². The Balaban J connectivity index is 0.00000264. The highest BCUT2D eigenvalue weighted by Crippen LogP contribution is 2.15. The average Bonchev–Trinajstić information content (AvgIpc) is 2.52. The largest absolute Gasteiger partial charge is 0.352 e. The van der Waals surface area contributed by atoms with Gasteiger partial charge in [-0.05, 0) is 35.9 Å². The number of hydrogen-bond acceptors (Lipinski definition) is 1. The van der Waals surface area contributed by atoms with E-state index in [2.05, 4.69) is 31.6 Å². The second-order valence-corrected chi connectivity index (χ2v) is 5.56. The van der Waals surface area contributed by atoms with Crippen molar-refractivity contribution in [3.05, 3.63) is 69.7 Å². The fraction of sp³-hybridized carbons (Fsp3) is 0.188. The van der Waals surface area contributed by atoms with Gasteiger partial charge in [0, 0.05) is 30.2 Å². The zero-order valence-electron chi connectivity index (χ0n) is 12.4. The van der Waals surface area contributed by atoms with E-state index in [9.17, 15) is 8.78 Å². The second kappa shape index (κ2) is 9.82. The minimum Gasteiger partial charge on any atom is -0.352 e. The second-order valence-electron chi connectivity index (χ2n) is 4.64. The molecular weight excluding hydrogens is 479 g/mol. The molecule has 2 rings (SSSR count). The van der Waals surface area contributed by atoms with E-state index in [1.807, 2.05) is 0 Å². The van der Waals surface area contributed by atoms with Crippen LogP contribution >= 0.6 is 39.9 Å². The quantitative estimate of drug-likeness (QED) is 0.378. The molecule has 0 atom stereocenters. The summed E-state index contributed by atoms with van der Waals surface area (Å²) < 4.78 is 27.3. The van der Waals surface area contributed by atoms with E-state index >= 15 is 0 Å². The SMILES string of the molecule is CN=C(NCc1ccc(F)cc1)NCc1cc(Br)ccc1F.I. The van der Waals surface area contributed by atoms with Crippen LogP contribution in [-0.4, -0.2) is 13.0 Å². The number of nitrogens with one attached hydrogen (secondary N) is 2. The zero-order chi connectivity index (χ0) is 15.9. The van der Waals surface area contributed by atoms with Gasteiger partial charge < -0.3 is 10.6 Å². The summed E-state index contributed by atoms with van der Waals surface area (Å²) in [6.07, 6.45) is 0. The molecule has 124 valence electrons. The molecule has 0 fully saturated rings. The third-order valence-corrected chi connectivity index (χ3v) is 3.54. The molecule has 0 aliphatic carbocycles. The molecule has 0 spiro atoms. The van der Waals surface area contributed by atoms with Crippen molar-refractivity contribution in [3.63, 3.8) is 0 Å². The maximum atomic E-state index is 13.7. The summed E-state index contributed by atoms with van der Waals surface area (Å²) in [7, 11) is 1.64. The third-order valence-electron chi connectivity index (χ3n) is 3.05. The smallest absolute Gasteiger partial charge is 0.191 e. The highest BCUT2D eigenvalue weighted by Gasteiger charge is 2.04. The summed E-state index contributed by atoms with van der Waals surface area (Å²) in [5.74, 6) is 0.00442. The van der Waals surface area contributed by atoms with E-state index in [-0.39, 0.29) is 35.6 Å². The van der Waals surface area contributed by atoms with Crippen LogP contribution in [0.2, 0.25) is 0 Å². The molecule has 0 aliphatic rings. The van der Waals surface area contributed by atoms with Gasteiger partial charge in [-0.25, -0.2) is 8.78 Å². The van der Waals surface area contributed by atoms with Gasteiger partial charge in [-0.2, -0.15) is 0 Å². The van der Waals surface area contributed by atoms with E-state index in [0.717, 1.165) is 10.0 Å². The highest BCUT2D eigenvalue weighted by atomic mass is 127. The molecule has 23 heavy (non-hydrogen) atoms. The molecule has 0 saturated heterocycles. The van der Waals surface area contributed by atoms with Crippen LogP contribution in [0.1, 0.15) is 11.1 Å².